The van der Waals surface area contributed by atoms with Crippen molar-refractivity contribution in [2.24, 2.45) is 0 Å². The van der Waals surface area contributed by atoms with Gasteiger partial charge in [0.25, 0.3) is 0 Å². The number of nitrogens with zero attached hydrogens (tertiary/aromatic N) is 3. The number of hydrogen-bond acceptors (Lipinski definition) is 3. The van der Waals surface area contributed by atoms with Crippen LogP contribution in [0.5, 0.6) is 0 Å². The van der Waals surface area contributed by atoms with Gasteiger partial charge in [0.15, 0.2) is 0 Å². The Kier molecular flexibility index (Phi) is 12.4. The van der Waals surface area contributed by atoms with Crippen LogP contribution in [0.3, 0.4) is 0 Å². The van der Waals surface area contributed by atoms with Crippen molar-refractivity contribution in [3.8, 4) is 44.5 Å². The largest absolute Gasteiger partial charge is 0.311 e. The Hall–Kier alpha value is -9.70. The van der Waals surface area contributed by atoms with Gasteiger partial charge < -0.3 is 14.7 Å². The highest BCUT2D eigenvalue weighted by atomic mass is 15.2. The Morgan fingerprint density at radius 2 is 0.370 bits per heavy atom. The Labute approximate surface area is 428 Å². The van der Waals surface area contributed by atoms with E-state index in [2.05, 4.69) is 324 Å². The molecule has 12 rings (SSSR count). The van der Waals surface area contributed by atoms with E-state index in [1.54, 1.807) is 0 Å². The molecule has 346 valence electrons. The van der Waals surface area contributed by atoms with Crippen LogP contribution in [0.2, 0.25) is 0 Å². The average Bonchev–Trinajstić information content (AvgIpc) is 3.47. The highest BCUT2D eigenvalue weighted by molar-refractivity contribution is 5.99. The van der Waals surface area contributed by atoms with Gasteiger partial charge in [-0.2, -0.15) is 0 Å². The van der Waals surface area contributed by atoms with Crippen LogP contribution in [0.4, 0.5) is 51.2 Å². The van der Waals surface area contributed by atoms with Crippen LogP contribution in [0.25, 0.3) is 55.3 Å². The van der Waals surface area contributed by atoms with Gasteiger partial charge in [-0.3, -0.25) is 0 Å². The molecule has 3 heteroatoms. The number of benzene rings is 12. The van der Waals surface area contributed by atoms with Crippen LogP contribution < -0.4 is 14.7 Å². The molecule has 0 heterocycles. The van der Waals surface area contributed by atoms with E-state index in [4.69, 9.17) is 0 Å². The minimum Gasteiger partial charge on any atom is -0.311 e. The summed E-state index contributed by atoms with van der Waals surface area (Å²) < 4.78 is 0. The summed E-state index contributed by atoms with van der Waals surface area (Å²) in [6.07, 6.45) is 0. The van der Waals surface area contributed by atoms with Crippen molar-refractivity contribution >= 4 is 62.0 Å². The van der Waals surface area contributed by atoms with E-state index in [1.807, 2.05) is 0 Å². The van der Waals surface area contributed by atoms with Crippen molar-refractivity contribution in [1.29, 1.82) is 0 Å². The Balaban J connectivity index is 0.784. The van der Waals surface area contributed by atoms with Gasteiger partial charge in [0.05, 0.1) is 5.69 Å². The zero-order chi connectivity index (χ0) is 48.8. The van der Waals surface area contributed by atoms with Crippen molar-refractivity contribution in [2.45, 2.75) is 0 Å². The molecule has 0 N–H and O–H groups in total. The SMILES string of the molecule is c1ccc(N(c2ccccc2)c2ccc(-c3ccc(-c4ccc(N(c5ccc(-c6ccc(-c7ccc(N(c8ccccc8)c8ccccc8)cc7)cc6)cc5)c5cccc6ccccc56)cc4)cc3)cc2)cc1. The summed E-state index contributed by atoms with van der Waals surface area (Å²) >= 11 is 0. The first kappa shape index (κ1) is 44.5. The van der Waals surface area contributed by atoms with E-state index in [0.29, 0.717) is 0 Å². The summed E-state index contributed by atoms with van der Waals surface area (Å²) in [7, 11) is 0. The molecule has 73 heavy (non-hydrogen) atoms. The monoisotopic (exact) mass is 933 g/mol. The standard InChI is InChI=1S/C70H51N3/c1-5-18-61(19-6-1)71(62-20-7-2-8-21-62)65-44-36-56(37-45-65)52-28-32-54(33-29-52)58-40-48-67(49-41-58)73(70-27-15-17-60-16-13-14-26-69(60)70)68-50-42-59(43-51-68)55-34-30-53(31-35-55)57-38-46-66(47-39-57)72(63-22-9-3-10-23-63)64-24-11-4-12-25-64/h1-51H. The van der Waals surface area contributed by atoms with E-state index in [0.717, 1.165) is 51.2 Å². The van der Waals surface area contributed by atoms with E-state index in [9.17, 15) is 0 Å². The van der Waals surface area contributed by atoms with Crippen molar-refractivity contribution in [1.82, 2.24) is 0 Å². The lowest BCUT2D eigenvalue weighted by Crippen LogP contribution is -2.10. The molecule has 12 aromatic rings. The lowest BCUT2D eigenvalue weighted by molar-refractivity contribution is 1.28. The fourth-order valence-electron chi connectivity index (χ4n) is 9.96. The Bertz CT molecular complexity index is 3410. The molecule has 0 saturated carbocycles. The number of hydrogen-bond donors (Lipinski definition) is 0. The molecule has 0 spiro atoms. The number of para-hydroxylation sites is 4. The maximum absolute atomic E-state index is 2.38. The second-order valence-corrected chi connectivity index (χ2v) is 18.2. The summed E-state index contributed by atoms with van der Waals surface area (Å²) in [5.41, 5.74) is 19.5. The molecule has 0 saturated heterocycles. The molecule has 0 fully saturated rings. The minimum atomic E-state index is 1.09. The van der Waals surface area contributed by atoms with Crippen LogP contribution >= 0.6 is 0 Å². The topological polar surface area (TPSA) is 9.72 Å². The van der Waals surface area contributed by atoms with Crippen LogP contribution in [0, 0.1) is 0 Å². The minimum absolute atomic E-state index is 1.09. The summed E-state index contributed by atoms with van der Waals surface area (Å²) in [5.74, 6) is 0. The van der Waals surface area contributed by atoms with Gasteiger partial charge in [0.2, 0.25) is 0 Å². The highest BCUT2D eigenvalue weighted by Gasteiger charge is 2.18. The van der Waals surface area contributed by atoms with Gasteiger partial charge in [-0.25, -0.2) is 0 Å². The average molecular weight is 934 g/mol. The zero-order valence-corrected chi connectivity index (χ0v) is 40.3. The van der Waals surface area contributed by atoms with Gasteiger partial charge >= 0.3 is 0 Å². The fraction of sp³-hybridized carbons (Fsp3) is 0. The summed E-state index contributed by atoms with van der Waals surface area (Å²) in [6, 6.07) is 111. The predicted molar refractivity (Wildman–Crippen MR) is 310 cm³/mol. The first-order valence-electron chi connectivity index (χ1n) is 24.9. The molecule has 0 unspecified atom stereocenters. The molecule has 3 nitrogen and oxygen atoms in total. The van der Waals surface area contributed by atoms with Crippen molar-refractivity contribution < 1.29 is 0 Å². The Morgan fingerprint density at radius 1 is 0.151 bits per heavy atom. The molecule has 0 aliphatic carbocycles. The number of fused-ring (bicyclic) bond motifs is 1. The summed E-state index contributed by atoms with van der Waals surface area (Å²) in [5, 5.41) is 2.41. The molecule has 0 radical (unpaired) electrons. The number of anilines is 9. The molecule has 0 atom stereocenters. The van der Waals surface area contributed by atoms with Gasteiger partial charge in [-0.1, -0.05) is 206 Å². The second kappa shape index (κ2) is 20.3. The Morgan fingerprint density at radius 3 is 0.671 bits per heavy atom. The predicted octanol–water partition coefficient (Wildman–Crippen LogP) is 19.9. The van der Waals surface area contributed by atoms with Crippen LogP contribution in [0.15, 0.2) is 309 Å². The third-order valence-corrected chi connectivity index (χ3v) is 13.7. The molecule has 12 aromatic carbocycles. The third kappa shape index (κ3) is 9.39. The zero-order valence-electron chi connectivity index (χ0n) is 40.3. The fourth-order valence-corrected chi connectivity index (χ4v) is 9.96. The normalized spacial score (nSPS) is 11.0. The first-order valence-corrected chi connectivity index (χ1v) is 24.9. The van der Waals surface area contributed by atoms with Crippen LogP contribution in [-0.2, 0) is 0 Å². The first-order chi connectivity index (χ1) is 36.2. The van der Waals surface area contributed by atoms with Gasteiger partial charge in [0, 0.05) is 50.9 Å². The quantitative estimate of drug-likeness (QED) is 0.114. The highest BCUT2D eigenvalue weighted by Crippen LogP contribution is 2.42. The molecule has 0 amide bonds. The maximum Gasteiger partial charge on any atom is 0.0540 e. The van der Waals surface area contributed by atoms with Crippen molar-refractivity contribution in [3.63, 3.8) is 0 Å². The molecule has 0 aromatic heterocycles. The smallest absolute Gasteiger partial charge is 0.0540 e. The molecule has 0 aliphatic rings. The van der Waals surface area contributed by atoms with Gasteiger partial charge in [0.1, 0.15) is 0 Å². The summed E-state index contributed by atoms with van der Waals surface area (Å²) in [4.78, 5) is 6.96. The number of rotatable bonds is 13. The summed E-state index contributed by atoms with van der Waals surface area (Å²) in [6.45, 7) is 0. The third-order valence-electron chi connectivity index (χ3n) is 13.7. The lowest BCUT2D eigenvalue weighted by atomic mass is 9.99. The van der Waals surface area contributed by atoms with E-state index in [1.165, 1.54) is 55.3 Å². The van der Waals surface area contributed by atoms with Crippen molar-refractivity contribution in [2.75, 3.05) is 14.7 Å². The van der Waals surface area contributed by atoms with Crippen molar-refractivity contribution in [3.05, 3.63) is 309 Å². The molecule has 0 aliphatic heterocycles. The van der Waals surface area contributed by atoms with E-state index in [-0.39, 0.29) is 0 Å². The van der Waals surface area contributed by atoms with Gasteiger partial charge in [-0.05, 0) is 153 Å². The van der Waals surface area contributed by atoms with E-state index < -0.39 is 0 Å². The van der Waals surface area contributed by atoms with Crippen LogP contribution in [-0.4, -0.2) is 0 Å². The maximum atomic E-state index is 2.38. The lowest BCUT2D eigenvalue weighted by Gasteiger charge is -2.27. The molecular weight excluding hydrogens is 883 g/mol. The van der Waals surface area contributed by atoms with Gasteiger partial charge in [-0.15, -0.1) is 0 Å². The molecular formula is C70H51N3. The van der Waals surface area contributed by atoms with E-state index >= 15 is 0 Å². The molecule has 0 bridgehead atoms. The van der Waals surface area contributed by atoms with Crippen LogP contribution in [0.1, 0.15) is 0 Å². The second-order valence-electron chi connectivity index (χ2n) is 18.2.